The van der Waals surface area contributed by atoms with Gasteiger partial charge in [-0.15, -0.1) is 0 Å². The Labute approximate surface area is 218 Å². The molecule has 0 amide bonds. The van der Waals surface area contributed by atoms with E-state index >= 15 is 0 Å². The zero-order valence-corrected chi connectivity index (χ0v) is 22.4. The number of hydrogen-bond acceptors (Lipinski definition) is 7. The fourth-order valence-electron chi connectivity index (χ4n) is 4.24. The summed E-state index contributed by atoms with van der Waals surface area (Å²) in [6.07, 6.45) is 2.07. The number of aliphatic hydroxyl groups is 1. The Morgan fingerprint density at radius 3 is 2.49 bits per heavy atom. The molecule has 7 nitrogen and oxygen atoms in total. The zero-order valence-electron chi connectivity index (χ0n) is 21.5. The third kappa shape index (κ3) is 5.97. The van der Waals surface area contributed by atoms with E-state index in [1.807, 2.05) is 33.8 Å². The number of carbonyl (C=O) groups excluding carboxylic acids is 1. The van der Waals surface area contributed by atoms with Crippen LogP contribution in [0.3, 0.4) is 0 Å². The summed E-state index contributed by atoms with van der Waals surface area (Å²) in [5.74, 6) is 0.589. The van der Waals surface area contributed by atoms with Crippen molar-refractivity contribution in [3.8, 4) is 17.2 Å². The summed E-state index contributed by atoms with van der Waals surface area (Å²) in [5, 5.41) is 9.87. The Hall–Kier alpha value is -3.36. The quantitative estimate of drug-likeness (QED) is 0.304. The average molecular weight is 525 g/mol. The first-order valence-corrected chi connectivity index (χ1v) is 13.7. The number of ether oxygens (including phenoxy) is 2. The van der Waals surface area contributed by atoms with Crippen LogP contribution >= 0.6 is 0 Å². The van der Waals surface area contributed by atoms with Crippen LogP contribution in [0.2, 0.25) is 0 Å². The van der Waals surface area contributed by atoms with Gasteiger partial charge in [-0.1, -0.05) is 30.7 Å². The SMILES string of the molecule is CCc1ccc(C(=O)COc2c(CO)ccc3c2CCC(C)(C)O3)c(OS(=O)(=O)c2ccc(C)cc2)c1. The van der Waals surface area contributed by atoms with Gasteiger partial charge in [0.15, 0.2) is 12.4 Å². The molecule has 0 atom stereocenters. The number of rotatable bonds is 9. The van der Waals surface area contributed by atoms with Gasteiger partial charge in [-0.25, -0.2) is 0 Å². The molecule has 0 aliphatic carbocycles. The number of aryl methyl sites for hydroxylation is 2. The lowest BCUT2D eigenvalue weighted by Gasteiger charge is -2.33. The molecule has 196 valence electrons. The van der Waals surface area contributed by atoms with Crippen molar-refractivity contribution in [3.05, 3.63) is 82.4 Å². The first kappa shape index (κ1) is 26.7. The molecule has 3 aromatic rings. The molecule has 8 heteroatoms. The minimum Gasteiger partial charge on any atom is -0.487 e. The maximum atomic E-state index is 13.3. The lowest BCUT2D eigenvalue weighted by atomic mass is 9.92. The normalized spacial score (nSPS) is 14.4. The fraction of sp³-hybridized carbons (Fsp3) is 0.345. The molecule has 0 bridgehead atoms. The summed E-state index contributed by atoms with van der Waals surface area (Å²) in [6.45, 7) is 7.18. The highest BCUT2D eigenvalue weighted by atomic mass is 32.2. The molecule has 0 saturated carbocycles. The Morgan fingerprint density at radius 1 is 1.08 bits per heavy atom. The van der Waals surface area contributed by atoms with Crippen LogP contribution in [0.15, 0.2) is 59.5 Å². The third-order valence-electron chi connectivity index (χ3n) is 6.44. The molecule has 0 radical (unpaired) electrons. The summed E-state index contributed by atoms with van der Waals surface area (Å²) in [7, 11) is -4.15. The molecule has 37 heavy (non-hydrogen) atoms. The van der Waals surface area contributed by atoms with E-state index in [2.05, 4.69) is 0 Å². The molecule has 0 spiro atoms. The van der Waals surface area contributed by atoms with E-state index in [4.69, 9.17) is 13.7 Å². The summed E-state index contributed by atoms with van der Waals surface area (Å²) in [4.78, 5) is 13.3. The second-order valence-electron chi connectivity index (χ2n) is 9.80. The molecular weight excluding hydrogens is 492 g/mol. The predicted molar refractivity (Wildman–Crippen MR) is 140 cm³/mol. The van der Waals surface area contributed by atoms with Crippen LogP contribution in [0.1, 0.15) is 59.8 Å². The average Bonchev–Trinajstić information content (AvgIpc) is 2.86. The van der Waals surface area contributed by atoms with Gasteiger partial charge < -0.3 is 18.8 Å². The van der Waals surface area contributed by atoms with E-state index in [9.17, 15) is 18.3 Å². The maximum Gasteiger partial charge on any atom is 0.339 e. The van der Waals surface area contributed by atoms with Crippen LogP contribution < -0.4 is 13.7 Å². The van der Waals surface area contributed by atoms with Crippen molar-refractivity contribution in [1.82, 2.24) is 0 Å². The molecule has 1 heterocycles. The second kappa shape index (κ2) is 10.6. The molecule has 3 aromatic carbocycles. The van der Waals surface area contributed by atoms with Gasteiger partial charge in [-0.2, -0.15) is 8.42 Å². The molecule has 4 rings (SSSR count). The van der Waals surface area contributed by atoms with E-state index < -0.39 is 15.9 Å². The maximum absolute atomic E-state index is 13.3. The van der Waals surface area contributed by atoms with Crippen molar-refractivity contribution in [2.45, 2.75) is 64.1 Å². The van der Waals surface area contributed by atoms with Crippen molar-refractivity contribution in [3.63, 3.8) is 0 Å². The van der Waals surface area contributed by atoms with Crippen LogP contribution in [0.25, 0.3) is 0 Å². The lowest BCUT2D eigenvalue weighted by Crippen LogP contribution is -2.33. The first-order valence-electron chi connectivity index (χ1n) is 12.3. The molecule has 1 aliphatic heterocycles. The highest BCUT2D eigenvalue weighted by Gasteiger charge is 2.30. The molecule has 0 unspecified atom stereocenters. The van der Waals surface area contributed by atoms with Crippen molar-refractivity contribution < 1.29 is 32.0 Å². The number of fused-ring (bicyclic) bond motifs is 1. The number of ketones is 1. The molecule has 1 N–H and O–H groups in total. The van der Waals surface area contributed by atoms with Gasteiger partial charge in [0.05, 0.1) is 12.2 Å². The third-order valence-corrected chi connectivity index (χ3v) is 7.69. The molecule has 0 saturated heterocycles. The molecule has 0 fully saturated rings. The van der Waals surface area contributed by atoms with Crippen LogP contribution in [0.4, 0.5) is 0 Å². The smallest absolute Gasteiger partial charge is 0.339 e. The van der Waals surface area contributed by atoms with Crippen LogP contribution in [0.5, 0.6) is 17.2 Å². The van der Waals surface area contributed by atoms with E-state index in [0.717, 1.165) is 23.1 Å². The van der Waals surface area contributed by atoms with Gasteiger partial charge in [0.25, 0.3) is 0 Å². The van der Waals surface area contributed by atoms with Crippen molar-refractivity contribution in [1.29, 1.82) is 0 Å². The number of benzene rings is 3. The summed E-state index contributed by atoms with van der Waals surface area (Å²) in [6, 6.07) is 14.7. The van der Waals surface area contributed by atoms with Gasteiger partial charge in [-0.3, -0.25) is 4.79 Å². The van der Waals surface area contributed by atoms with Crippen LogP contribution in [-0.4, -0.2) is 31.5 Å². The lowest BCUT2D eigenvalue weighted by molar-refractivity contribution is 0.0813. The molecular formula is C29H32O7S. The highest BCUT2D eigenvalue weighted by molar-refractivity contribution is 7.87. The minimum atomic E-state index is -4.15. The summed E-state index contributed by atoms with van der Waals surface area (Å²) >= 11 is 0. The van der Waals surface area contributed by atoms with Gasteiger partial charge in [0.1, 0.15) is 22.0 Å². The fourth-order valence-corrected chi connectivity index (χ4v) is 5.18. The van der Waals surface area contributed by atoms with Crippen molar-refractivity contribution in [2.75, 3.05) is 6.61 Å². The standard InChI is InChI=1S/C29H32O7S/c1-5-20-8-12-23(27(16-20)36-37(32,33)22-10-6-19(2)7-11-22)25(31)18-34-28-21(17-30)9-13-26-24(28)14-15-29(3,4)35-26/h6-13,16,30H,5,14-15,17-18H2,1-4H3. The monoisotopic (exact) mass is 524 g/mol. The van der Waals surface area contributed by atoms with E-state index in [-0.39, 0.29) is 35.0 Å². The van der Waals surface area contributed by atoms with Gasteiger partial charge >= 0.3 is 10.1 Å². The topological polar surface area (TPSA) is 99.1 Å². The van der Waals surface area contributed by atoms with E-state index in [0.29, 0.717) is 29.9 Å². The Balaban J connectivity index is 1.61. The number of carbonyl (C=O) groups is 1. The Bertz CT molecular complexity index is 1410. The zero-order chi connectivity index (χ0) is 26.8. The minimum absolute atomic E-state index is 0.000996. The molecule has 0 aromatic heterocycles. The van der Waals surface area contributed by atoms with Gasteiger partial charge in [0.2, 0.25) is 5.78 Å². The van der Waals surface area contributed by atoms with Crippen molar-refractivity contribution >= 4 is 15.9 Å². The highest BCUT2D eigenvalue weighted by Crippen LogP contribution is 2.40. The molecule has 1 aliphatic rings. The number of Topliss-reactive ketones (excluding diaryl/α,β-unsaturated/α-hetero) is 1. The van der Waals surface area contributed by atoms with E-state index in [1.54, 1.807) is 36.4 Å². The second-order valence-corrected chi connectivity index (χ2v) is 11.3. The Morgan fingerprint density at radius 2 is 1.81 bits per heavy atom. The first-order chi connectivity index (χ1) is 17.5. The van der Waals surface area contributed by atoms with E-state index in [1.165, 1.54) is 12.1 Å². The Kier molecular flexibility index (Phi) is 7.62. The summed E-state index contributed by atoms with van der Waals surface area (Å²) in [5.41, 5.74) is 2.87. The van der Waals surface area contributed by atoms with Gasteiger partial charge in [-0.05, 0) is 82.0 Å². The van der Waals surface area contributed by atoms with Crippen molar-refractivity contribution in [2.24, 2.45) is 0 Å². The predicted octanol–water partition coefficient (Wildman–Crippen LogP) is 5.18. The number of aliphatic hydroxyl groups excluding tert-OH is 1. The van der Waals surface area contributed by atoms with Crippen LogP contribution in [0, 0.1) is 6.92 Å². The van der Waals surface area contributed by atoms with Gasteiger partial charge in [0, 0.05) is 11.1 Å². The largest absolute Gasteiger partial charge is 0.487 e. The number of hydrogen-bond donors (Lipinski definition) is 1. The van der Waals surface area contributed by atoms with Crippen LogP contribution in [-0.2, 0) is 29.6 Å². The summed E-state index contributed by atoms with van der Waals surface area (Å²) < 4.78 is 43.4.